The van der Waals surface area contributed by atoms with E-state index in [4.69, 9.17) is 5.11 Å². The molecule has 3 aromatic rings. The summed E-state index contributed by atoms with van der Waals surface area (Å²) < 4.78 is 0. The van der Waals surface area contributed by atoms with Gasteiger partial charge in [-0.15, -0.1) is 0 Å². The van der Waals surface area contributed by atoms with Crippen molar-refractivity contribution in [3.8, 4) is 23.0 Å². The average Bonchev–Trinajstić information content (AvgIpc) is 2.59. The van der Waals surface area contributed by atoms with Crippen molar-refractivity contribution in [3.05, 3.63) is 82.9 Å². The summed E-state index contributed by atoms with van der Waals surface area (Å²) in [5.41, 5.74) is 1.55. The average molecular weight is 352 g/mol. The normalized spacial score (nSPS) is 10.8. The Morgan fingerprint density at radius 2 is 1.15 bits per heavy atom. The first-order valence-corrected chi connectivity index (χ1v) is 7.74. The number of hydrogen-bond donors (Lipinski definition) is 5. The van der Waals surface area contributed by atoms with Gasteiger partial charge < -0.3 is 25.5 Å². The van der Waals surface area contributed by atoms with Crippen LogP contribution >= 0.6 is 0 Å². The molecule has 0 aliphatic heterocycles. The zero-order valence-corrected chi connectivity index (χ0v) is 13.5. The third kappa shape index (κ3) is 3.25. The molecule has 0 unspecified atom stereocenters. The summed E-state index contributed by atoms with van der Waals surface area (Å²) in [6, 6.07) is 14.3. The fourth-order valence-electron chi connectivity index (χ4n) is 2.90. The Labute approximate surface area is 148 Å². The zero-order chi connectivity index (χ0) is 18.8. The Bertz CT molecular complexity index is 911. The lowest BCUT2D eigenvalue weighted by molar-refractivity contribution is 0.0697. The number of benzene rings is 3. The molecule has 0 spiro atoms. The molecule has 0 saturated heterocycles. The minimum absolute atomic E-state index is 0.109. The molecule has 0 heterocycles. The molecule has 0 amide bonds. The minimum atomic E-state index is -1.06. The summed E-state index contributed by atoms with van der Waals surface area (Å²) in [4.78, 5) is 11.1. The standard InChI is InChI=1S/C20H16O6/c21-13-5-7-15(17(23)9-13)19(16-8-6-14(22)10-18(16)24)11-1-3-12(4-2-11)20(25)26/h1-10,19,21-24H,(H,25,26). The molecular formula is C20H16O6. The second kappa shape index (κ2) is 6.68. The van der Waals surface area contributed by atoms with Gasteiger partial charge in [0, 0.05) is 29.2 Å². The molecule has 0 bridgehead atoms. The van der Waals surface area contributed by atoms with Gasteiger partial charge in [0.1, 0.15) is 23.0 Å². The lowest BCUT2D eigenvalue weighted by Gasteiger charge is -2.21. The van der Waals surface area contributed by atoms with E-state index in [0.717, 1.165) is 0 Å². The topological polar surface area (TPSA) is 118 Å². The fraction of sp³-hybridized carbons (Fsp3) is 0.0500. The van der Waals surface area contributed by atoms with Gasteiger partial charge in [0.25, 0.3) is 0 Å². The molecule has 3 rings (SSSR count). The highest BCUT2D eigenvalue weighted by Gasteiger charge is 2.23. The van der Waals surface area contributed by atoms with Crippen molar-refractivity contribution in [2.75, 3.05) is 0 Å². The quantitative estimate of drug-likeness (QED) is 0.459. The Kier molecular flexibility index (Phi) is 4.41. The number of hydrogen-bond acceptors (Lipinski definition) is 5. The number of rotatable bonds is 4. The Morgan fingerprint density at radius 3 is 1.54 bits per heavy atom. The van der Waals surface area contributed by atoms with Crippen LogP contribution in [0.1, 0.15) is 33.0 Å². The summed E-state index contributed by atoms with van der Waals surface area (Å²) in [6.45, 7) is 0. The van der Waals surface area contributed by atoms with Gasteiger partial charge in [-0.2, -0.15) is 0 Å². The number of phenolic OH excluding ortho intramolecular Hbond substituents is 4. The summed E-state index contributed by atoms with van der Waals surface area (Å²) in [5.74, 6) is -2.27. The van der Waals surface area contributed by atoms with Gasteiger partial charge in [-0.3, -0.25) is 0 Å². The molecule has 0 radical (unpaired) electrons. The van der Waals surface area contributed by atoms with Crippen LogP contribution in [0, 0.1) is 0 Å². The van der Waals surface area contributed by atoms with E-state index in [1.54, 1.807) is 12.1 Å². The third-order valence-corrected chi connectivity index (χ3v) is 4.14. The molecule has 6 heteroatoms. The molecule has 5 N–H and O–H groups in total. The van der Waals surface area contributed by atoms with Gasteiger partial charge in [0.2, 0.25) is 0 Å². The van der Waals surface area contributed by atoms with E-state index in [1.807, 2.05) is 0 Å². The fourth-order valence-corrected chi connectivity index (χ4v) is 2.90. The number of aromatic carboxylic acids is 1. The van der Waals surface area contributed by atoms with Crippen molar-refractivity contribution in [1.82, 2.24) is 0 Å². The molecule has 0 saturated carbocycles. The van der Waals surface area contributed by atoms with E-state index >= 15 is 0 Å². The third-order valence-electron chi connectivity index (χ3n) is 4.14. The van der Waals surface area contributed by atoms with Crippen LogP contribution in [0.2, 0.25) is 0 Å². The van der Waals surface area contributed by atoms with Gasteiger partial charge in [-0.25, -0.2) is 4.79 Å². The van der Waals surface area contributed by atoms with Gasteiger partial charge in [-0.05, 0) is 29.8 Å². The Morgan fingerprint density at radius 1 is 0.692 bits per heavy atom. The van der Waals surface area contributed by atoms with Crippen LogP contribution in [0.5, 0.6) is 23.0 Å². The van der Waals surface area contributed by atoms with Crippen LogP contribution in [0.3, 0.4) is 0 Å². The smallest absolute Gasteiger partial charge is 0.335 e. The van der Waals surface area contributed by atoms with E-state index < -0.39 is 11.9 Å². The van der Waals surface area contributed by atoms with Gasteiger partial charge in [-0.1, -0.05) is 24.3 Å². The molecule has 0 aromatic heterocycles. The van der Waals surface area contributed by atoms with Crippen molar-refractivity contribution in [2.24, 2.45) is 0 Å². The number of carboxylic acid groups (broad SMARTS) is 1. The van der Waals surface area contributed by atoms with E-state index in [9.17, 15) is 25.2 Å². The van der Waals surface area contributed by atoms with E-state index in [0.29, 0.717) is 16.7 Å². The monoisotopic (exact) mass is 352 g/mol. The molecule has 0 aliphatic carbocycles. The van der Waals surface area contributed by atoms with Crippen LogP contribution in [-0.4, -0.2) is 31.5 Å². The molecule has 3 aromatic carbocycles. The van der Waals surface area contributed by atoms with Crippen molar-refractivity contribution < 1.29 is 30.3 Å². The zero-order valence-electron chi connectivity index (χ0n) is 13.5. The second-order valence-corrected chi connectivity index (χ2v) is 5.85. The highest BCUT2D eigenvalue weighted by Crippen LogP contribution is 2.42. The molecule has 132 valence electrons. The summed E-state index contributed by atoms with van der Waals surface area (Å²) in [6.07, 6.45) is 0. The van der Waals surface area contributed by atoms with E-state index in [2.05, 4.69) is 0 Å². The summed E-state index contributed by atoms with van der Waals surface area (Å²) >= 11 is 0. The predicted molar refractivity (Wildman–Crippen MR) is 93.9 cm³/mol. The maximum atomic E-state index is 11.1. The van der Waals surface area contributed by atoms with Gasteiger partial charge >= 0.3 is 5.97 Å². The highest BCUT2D eigenvalue weighted by molar-refractivity contribution is 5.87. The number of carbonyl (C=O) groups is 1. The maximum absolute atomic E-state index is 11.1. The molecule has 6 nitrogen and oxygen atoms in total. The number of aromatic hydroxyl groups is 4. The molecular weight excluding hydrogens is 336 g/mol. The first kappa shape index (κ1) is 17.2. The molecule has 26 heavy (non-hydrogen) atoms. The molecule has 0 fully saturated rings. The molecule has 0 atom stereocenters. The maximum Gasteiger partial charge on any atom is 0.335 e. The summed E-state index contributed by atoms with van der Waals surface area (Å²) in [5, 5.41) is 48.7. The summed E-state index contributed by atoms with van der Waals surface area (Å²) in [7, 11) is 0. The lowest BCUT2D eigenvalue weighted by atomic mass is 9.83. The van der Waals surface area contributed by atoms with Crippen LogP contribution in [0.25, 0.3) is 0 Å². The van der Waals surface area contributed by atoms with Crippen molar-refractivity contribution in [1.29, 1.82) is 0 Å². The minimum Gasteiger partial charge on any atom is -0.508 e. The van der Waals surface area contributed by atoms with Crippen molar-refractivity contribution in [3.63, 3.8) is 0 Å². The Hall–Kier alpha value is -3.67. The first-order chi connectivity index (χ1) is 12.4. The molecule has 0 aliphatic rings. The van der Waals surface area contributed by atoms with Crippen LogP contribution < -0.4 is 0 Å². The SMILES string of the molecule is O=C(O)c1ccc(C(c2ccc(O)cc2O)c2ccc(O)cc2O)cc1. The van der Waals surface area contributed by atoms with Crippen molar-refractivity contribution in [2.45, 2.75) is 5.92 Å². The van der Waals surface area contributed by atoms with Crippen LogP contribution in [0.15, 0.2) is 60.7 Å². The largest absolute Gasteiger partial charge is 0.508 e. The first-order valence-electron chi connectivity index (χ1n) is 7.74. The lowest BCUT2D eigenvalue weighted by Crippen LogP contribution is -2.05. The number of carboxylic acids is 1. The van der Waals surface area contributed by atoms with E-state index in [1.165, 1.54) is 48.5 Å². The van der Waals surface area contributed by atoms with E-state index in [-0.39, 0.29) is 28.6 Å². The predicted octanol–water partition coefficient (Wildman–Crippen LogP) is 3.39. The Balaban J connectivity index is 2.20. The number of phenols is 4. The van der Waals surface area contributed by atoms with Gasteiger partial charge in [0.15, 0.2) is 0 Å². The van der Waals surface area contributed by atoms with Gasteiger partial charge in [0.05, 0.1) is 5.56 Å². The van der Waals surface area contributed by atoms with Crippen LogP contribution in [0.4, 0.5) is 0 Å². The highest BCUT2D eigenvalue weighted by atomic mass is 16.4. The van der Waals surface area contributed by atoms with Crippen LogP contribution in [-0.2, 0) is 0 Å². The van der Waals surface area contributed by atoms with Crippen molar-refractivity contribution >= 4 is 5.97 Å². The second-order valence-electron chi connectivity index (χ2n) is 5.85.